The minimum absolute atomic E-state index is 0.507. The standard InChI is InChI=1S/C11H17ClN2.C2H6/c1-8-5-9(3-4-14-2)6-10(7-13)11(8)12;1-2/h5-6,14H,3-4,7,13H2,1-2H3;1-2H3. The Morgan fingerprint density at radius 2 is 1.94 bits per heavy atom. The zero-order chi connectivity index (χ0) is 12.6. The second kappa shape index (κ2) is 8.57. The third kappa shape index (κ3) is 4.52. The monoisotopic (exact) mass is 242 g/mol. The largest absolute Gasteiger partial charge is 0.326 e. The van der Waals surface area contributed by atoms with Crippen LogP contribution in [0.5, 0.6) is 0 Å². The van der Waals surface area contributed by atoms with Gasteiger partial charge in [-0.05, 0) is 43.6 Å². The SMILES string of the molecule is CC.CNCCc1cc(C)c(Cl)c(CN)c1. The lowest BCUT2D eigenvalue weighted by Crippen LogP contribution is -2.11. The number of rotatable bonds is 4. The fraction of sp³-hybridized carbons (Fsp3) is 0.538. The summed E-state index contributed by atoms with van der Waals surface area (Å²) >= 11 is 6.10. The van der Waals surface area contributed by atoms with E-state index in [1.54, 1.807) is 0 Å². The van der Waals surface area contributed by atoms with Gasteiger partial charge in [0.15, 0.2) is 0 Å². The molecule has 0 amide bonds. The molecule has 0 aliphatic heterocycles. The van der Waals surface area contributed by atoms with Gasteiger partial charge >= 0.3 is 0 Å². The molecular formula is C13H23ClN2. The molecule has 0 fully saturated rings. The maximum absolute atomic E-state index is 6.10. The third-order valence-corrected chi connectivity index (χ3v) is 2.81. The van der Waals surface area contributed by atoms with Gasteiger partial charge < -0.3 is 11.1 Å². The highest BCUT2D eigenvalue weighted by molar-refractivity contribution is 6.32. The van der Waals surface area contributed by atoms with Crippen LogP contribution in [0.4, 0.5) is 0 Å². The van der Waals surface area contributed by atoms with Gasteiger partial charge in [-0.25, -0.2) is 0 Å². The summed E-state index contributed by atoms with van der Waals surface area (Å²) in [5, 5.41) is 3.93. The van der Waals surface area contributed by atoms with Crippen molar-refractivity contribution in [3.05, 3.63) is 33.8 Å². The van der Waals surface area contributed by atoms with Gasteiger partial charge in [-0.15, -0.1) is 0 Å². The third-order valence-electron chi connectivity index (χ3n) is 2.27. The minimum atomic E-state index is 0.507. The van der Waals surface area contributed by atoms with Crippen molar-refractivity contribution in [1.29, 1.82) is 0 Å². The van der Waals surface area contributed by atoms with Crippen LogP contribution in [-0.4, -0.2) is 13.6 Å². The van der Waals surface area contributed by atoms with Crippen molar-refractivity contribution in [3.8, 4) is 0 Å². The van der Waals surface area contributed by atoms with Crippen molar-refractivity contribution in [3.63, 3.8) is 0 Å². The molecule has 16 heavy (non-hydrogen) atoms. The zero-order valence-corrected chi connectivity index (χ0v) is 11.5. The molecule has 1 aromatic carbocycles. The molecule has 3 heteroatoms. The van der Waals surface area contributed by atoms with E-state index in [-0.39, 0.29) is 0 Å². The number of likely N-dealkylation sites (N-methyl/N-ethyl adjacent to an activating group) is 1. The van der Waals surface area contributed by atoms with Gasteiger partial charge in [0, 0.05) is 11.6 Å². The van der Waals surface area contributed by atoms with Crippen LogP contribution in [-0.2, 0) is 13.0 Å². The Hall–Kier alpha value is -0.570. The molecule has 3 N–H and O–H groups in total. The number of nitrogens with two attached hydrogens (primary N) is 1. The van der Waals surface area contributed by atoms with Crippen molar-refractivity contribution < 1.29 is 0 Å². The summed E-state index contributed by atoms with van der Waals surface area (Å²) in [6.07, 6.45) is 1.02. The Labute approximate surface area is 104 Å². The number of benzene rings is 1. The van der Waals surface area contributed by atoms with Crippen molar-refractivity contribution in [2.45, 2.75) is 33.7 Å². The fourth-order valence-corrected chi connectivity index (χ4v) is 1.67. The molecule has 0 saturated heterocycles. The average molecular weight is 243 g/mol. The molecule has 0 aromatic heterocycles. The van der Waals surface area contributed by atoms with E-state index in [2.05, 4.69) is 17.4 Å². The average Bonchev–Trinajstić information content (AvgIpc) is 2.33. The van der Waals surface area contributed by atoms with Crippen molar-refractivity contribution >= 4 is 11.6 Å². The van der Waals surface area contributed by atoms with E-state index in [0.717, 1.165) is 29.1 Å². The molecule has 2 nitrogen and oxygen atoms in total. The number of hydrogen-bond acceptors (Lipinski definition) is 2. The summed E-state index contributed by atoms with van der Waals surface area (Å²) in [4.78, 5) is 0. The lowest BCUT2D eigenvalue weighted by atomic mass is 10.0. The van der Waals surface area contributed by atoms with Crippen LogP contribution in [0.3, 0.4) is 0 Å². The van der Waals surface area contributed by atoms with Gasteiger partial charge in [0.25, 0.3) is 0 Å². The Balaban J connectivity index is 0.00000106. The number of nitrogens with one attached hydrogen (secondary N) is 1. The summed E-state index contributed by atoms with van der Waals surface area (Å²) in [5.41, 5.74) is 9.06. The van der Waals surface area contributed by atoms with Crippen LogP contribution >= 0.6 is 11.6 Å². The topological polar surface area (TPSA) is 38.0 Å². The van der Waals surface area contributed by atoms with Gasteiger partial charge in [-0.3, -0.25) is 0 Å². The van der Waals surface area contributed by atoms with Crippen molar-refractivity contribution in [2.24, 2.45) is 5.73 Å². The summed E-state index contributed by atoms with van der Waals surface area (Å²) in [6, 6.07) is 4.21. The number of halogens is 1. The highest BCUT2D eigenvalue weighted by Gasteiger charge is 2.04. The van der Waals surface area contributed by atoms with Crippen LogP contribution in [0.15, 0.2) is 12.1 Å². The molecule has 0 spiro atoms. The van der Waals surface area contributed by atoms with Crippen LogP contribution in [0.2, 0.25) is 5.02 Å². The van der Waals surface area contributed by atoms with Crippen molar-refractivity contribution in [2.75, 3.05) is 13.6 Å². The van der Waals surface area contributed by atoms with Gasteiger partial charge in [-0.1, -0.05) is 37.6 Å². The predicted molar refractivity (Wildman–Crippen MR) is 73.1 cm³/mol. The highest BCUT2D eigenvalue weighted by Crippen LogP contribution is 2.22. The molecule has 0 bridgehead atoms. The van der Waals surface area contributed by atoms with E-state index in [1.165, 1.54) is 5.56 Å². The Morgan fingerprint density at radius 1 is 1.31 bits per heavy atom. The molecular weight excluding hydrogens is 220 g/mol. The molecule has 0 heterocycles. The molecule has 0 aliphatic rings. The fourth-order valence-electron chi connectivity index (χ4n) is 1.49. The molecule has 0 atom stereocenters. The van der Waals surface area contributed by atoms with Gasteiger partial charge in [0.05, 0.1) is 0 Å². The van der Waals surface area contributed by atoms with Crippen molar-refractivity contribution in [1.82, 2.24) is 5.32 Å². The molecule has 0 saturated carbocycles. The summed E-state index contributed by atoms with van der Waals surface area (Å²) in [7, 11) is 1.95. The van der Waals surface area contributed by atoms with Crippen LogP contribution in [0.1, 0.15) is 30.5 Å². The predicted octanol–water partition coefficient (Wildman–Crippen LogP) is 2.90. The first kappa shape index (κ1) is 15.4. The summed E-state index contributed by atoms with van der Waals surface area (Å²) in [5.74, 6) is 0. The van der Waals surface area contributed by atoms with E-state index in [0.29, 0.717) is 6.54 Å². The van der Waals surface area contributed by atoms with Crippen LogP contribution in [0.25, 0.3) is 0 Å². The van der Waals surface area contributed by atoms with E-state index in [1.807, 2.05) is 27.8 Å². The maximum atomic E-state index is 6.10. The first-order chi connectivity index (χ1) is 7.69. The normalized spacial score (nSPS) is 9.62. The maximum Gasteiger partial charge on any atom is 0.0480 e. The van der Waals surface area contributed by atoms with Gasteiger partial charge in [0.2, 0.25) is 0 Å². The summed E-state index contributed by atoms with van der Waals surface area (Å²) in [6.45, 7) is 7.50. The van der Waals surface area contributed by atoms with Gasteiger partial charge in [-0.2, -0.15) is 0 Å². The van der Waals surface area contributed by atoms with E-state index < -0.39 is 0 Å². The lowest BCUT2D eigenvalue weighted by molar-refractivity contribution is 0.790. The first-order valence-corrected chi connectivity index (χ1v) is 6.19. The minimum Gasteiger partial charge on any atom is -0.326 e. The number of hydrogen-bond donors (Lipinski definition) is 2. The summed E-state index contributed by atoms with van der Waals surface area (Å²) < 4.78 is 0. The Morgan fingerprint density at radius 3 is 2.44 bits per heavy atom. The van der Waals surface area contributed by atoms with Gasteiger partial charge in [0.1, 0.15) is 0 Å². The van der Waals surface area contributed by atoms with E-state index in [4.69, 9.17) is 17.3 Å². The molecule has 1 aromatic rings. The lowest BCUT2D eigenvalue weighted by Gasteiger charge is -2.09. The van der Waals surface area contributed by atoms with E-state index in [9.17, 15) is 0 Å². The second-order valence-electron chi connectivity index (χ2n) is 3.44. The molecule has 0 aliphatic carbocycles. The number of aryl methyl sites for hydroxylation is 1. The second-order valence-corrected chi connectivity index (χ2v) is 3.82. The Bertz CT molecular complexity index is 311. The molecule has 0 unspecified atom stereocenters. The van der Waals surface area contributed by atoms with Crippen LogP contribution < -0.4 is 11.1 Å². The zero-order valence-electron chi connectivity index (χ0n) is 10.7. The molecule has 92 valence electrons. The van der Waals surface area contributed by atoms with Crippen LogP contribution in [0, 0.1) is 6.92 Å². The molecule has 0 radical (unpaired) electrons. The Kier molecular flexibility index (Phi) is 8.26. The quantitative estimate of drug-likeness (QED) is 0.852. The van der Waals surface area contributed by atoms with E-state index >= 15 is 0 Å². The smallest absolute Gasteiger partial charge is 0.0480 e. The molecule has 1 rings (SSSR count). The highest BCUT2D eigenvalue weighted by atomic mass is 35.5. The first-order valence-electron chi connectivity index (χ1n) is 5.81.